The van der Waals surface area contributed by atoms with Crippen LogP contribution in [0, 0.1) is 19.7 Å². The number of hydrogen-bond donors (Lipinski definition) is 2. The molecule has 5 nitrogen and oxygen atoms in total. The van der Waals surface area contributed by atoms with Crippen LogP contribution in [0.1, 0.15) is 11.3 Å². The Morgan fingerprint density at radius 2 is 1.90 bits per heavy atom. The molecule has 106 valence electrons. The molecular weight excluding hydrogens is 283 g/mol. The van der Waals surface area contributed by atoms with Crippen LogP contribution in [-0.2, 0) is 10.0 Å². The molecule has 0 amide bonds. The van der Waals surface area contributed by atoms with E-state index in [0.29, 0.717) is 11.3 Å². The third-order valence-corrected chi connectivity index (χ3v) is 4.16. The molecule has 0 saturated carbocycles. The fraction of sp³-hybridized carbons (Fsp3) is 0.154. The Morgan fingerprint density at radius 1 is 1.20 bits per heavy atom. The molecule has 0 unspecified atom stereocenters. The van der Waals surface area contributed by atoms with Gasteiger partial charge in [0, 0.05) is 5.69 Å². The molecule has 7 heteroatoms. The largest absolute Gasteiger partial charge is 0.504 e. The monoisotopic (exact) mass is 296 g/mol. The number of halogens is 1. The predicted octanol–water partition coefficient (Wildman–Crippen LogP) is 2.34. The van der Waals surface area contributed by atoms with Crippen LogP contribution in [0.15, 0.2) is 35.2 Å². The molecule has 20 heavy (non-hydrogen) atoms. The van der Waals surface area contributed by atoms with Crippen molar-refractivity contribution >= 4 is 15.8 Å². The van der Waals surface area contributed by atoms with E-state index in [0.717, 1.165) is 6.07 Å². The van der Waals surface area contributed by atoms with Crippen LogP contribution >= 0.6 is 0 Å². The summed E-state index contributed by atoms with van der Waals surface area (Å²) in [6.07, 6.45) is 0. The van der Waals surface area contributed by atoms with E-state index in [-0.39, 0.29) is 16.5 Å². The Balaban J connectivity index is 2.46. The van der Waals surface area contributed by atoms with Gasteiger partial charge in [0.15, 0.2) is 11.6 Å². The molecule has 0 fully saturated rings. The Labute approximate surface area is 116 Å². The van der Waals surface area contributed by atoms with Gasteiger partial charge in [-0.1, -0.05) is 6.07 Å². The van der Waals surface area contributed by atoms with E-state index >= 15 is 0 Å². The van der Waals surface area contributed by atoms with Gasteiger partial charge < -0.3 is 5.11 Å². The van der Waals surface area contributed by atoms with E-state index in [2.05, 4.69) is 9.71 Å². The molecule has 0 bridgehead atoms. The summed E-state index contributed by atoms with van der Waals surface area (Å²) in [5.74, 6) is -1.14. The average Bonchev–Trinajstić information content (AvgIpc) is 2.36. The van der Waals surface area contributed by atoms with Crippen molar-refractivity contribution in [2.45, 2.75) is 18.7 Å². The van der Waals surface area contributed by atoms with Crippen molar-refractivity contribution in [1.29, 1.82) is 0 Å². The molecule has 0 aliphatic rings. The topological polar surface area (TPSA) is 79.3 Å². The van der Waals surface area contributed by atoms with Crippen LogP contribution in [-0.4, -0.2) is 18.5 Å². The molecule has 2 aromatic rings. The molecule has 0 aliphatic heterocycles. The number of aryl methyl sites for hydroxylation is 2. The number of hydrogen-bond acceptors (Lipinski definition) is 4. The summed E-state index contributed by atoms with van der Waals surface area (Å²) in [6, 6.07) is 6.34. The standard InChI is InChI=1S/C13H13FN2O3S/c1-8-3-5-10(14)7-12(8)20(18,19)16-13-11(17)6-4-9(2)15-13/h3-7,17H,1-2H3,(H,15,16). The Morgan fingerprint density at radius 3 is 2.60 bits per heavy atom. The lowest BCUT2D eigenvalue weighted by Crippen LogP contribution is -2.15. The minimum Gasteiger partial charge on any atom is -0.504 e. The Kier molecular flexibility index (Phi) is 3.63. The second-order valence-electron chi connectivity index (χ2n) is 4.34. The maximum absolute atomic E-state index is 13.2. The molecule has 0 aliphatic carbocycles. The van der Waals surface area contributed by atoms with Gasteiger partial charge in [0.05, 0.1) is 4.90 Å². The zero-order chi connectivity index (χ0) is 14.9. The highest BCUT2D eigenvalue weighted by molar-refractivity contribution is 7.92. The van der Waals surface area contributed by atoms with E-state index in [1.807, 2.05) is 0 Å². The molecule has 0 spiro atoms. The quantitative estimate of drug-likeness (QED) is 0.911. The highest BCUT2D eigenvalue weighted by Gasteiger charge is 2.20. The van der Waals surface area contributed by atoms with Crippen LogP contribution in [0.25, 0.3) is 0 Å². The maximum atomic E-state index is 13.2. The summed E-state index contributed by atoms with van der Waals surface area (Å²) in [4.78, 5) is 3.71. The lowest BCUT2D eigenvalue weighted by Gasteiger charge is -2.11. The van der Waals surface area contributed by atoms with Crippen molar-refractivity contribution in [3.63, 3.8) is 0 Å². The lowest BCUT2D eigenvalue weighted by molar-refractivity contribution is 0.475. The minimum atomic E-state index is -4.02. The summed E-state index contributed by atoms with van der Waals surface area (Å²) < 4.78 is 39.8. The summed E-state index contributed by atoms with van der Waals surface area (Å²) in [7, 11) is -4.02. The van der Waals surface area contributed by atoms with Crippen molar-refractivity contribution in [3.05, 3.63) is 47.4 Å². The molecule has 1 heterocycles. The number of rotatable bonds is 3. The van der Waals surface area contributed by atoms with Crippen LogP contribution in [0.4, 0.5) is 10.2 Å². The van der Waals surface area contributed by atoms with Gasteiger partial charge in [-0.3, -0.25) is 4.72 Å². The number of nitrogens with one attached hydrogen (secondary N) is 1. The Bertz CT molecular complexity index is 760. The number of aromatic nitrogens is 1. The summed E-state index contributed by atoms with van der Waals surface area (Å²) in [5.41, 5.74) is 0.933. The molecule has 1 aromatic heterocycles. The summed E-state index contributed by atoms with van der Waals surface area (Å²) in [5, 5.41) is 9.61. The fourth-order valence-electron chi connectivity index (χ4n) is 1.67. The third-order valence-electron chi connectivity index (χ3n) is 2.68. The van der Waals surface area contributed by atoms with Gasteiger partial charge in [-0.2, -0.15) is 0 Å². The van der Waals surface area contributed by atoms with Crippen molar-refractivity contribution in [1.82, 2.24) is 4.98 Å². The zero-order valence-electron chi connectivity index (χ0n) is 10.9. The first-order valence-corrected chi connectivity index (χ1v) is 7.23. The van der Waals surface area contributed by atoms with E-state index < -0.39 is 15.8 Å². The maximum Gasteiger partial charge on any atom is 0.263 e. The predicted molar refractivity (Wildman–Crippen MR) is 72.6 cm³/mol. The summed E-state index contributed by atoms with van der Waals surface area (Å²) in [6.45, 7) is 3.21. The number of sulfonamides is 1. The van der Waals surface area contributed by atoms with Gasteiger partial charge in [-0.25, -0.2) is 17.8 Å². The van der Waals surface area contributed by atoms with Gasteiger partial charge in [-0.05, 0) is 43.7 Å². The van der Waals surface area contributed by atoms with Crippen LogP contribution in [0.3, 0.4) is 0 Å². The van der Waals surface area contributed by atoms with Crippen molar-refractivity contribution in [2.75, 3.05) is 4.72 Å². The average molecular weight is 296 g/mol. The first-order valence-electron chi connectivity index (χ1n) is 5.75. The van der Waals surface area contributed by atoms with Crippen molar-refractivity contribution < 1.29 is 17.9 Å². The molecule has 0 radical (unpaired) electrons. The number of nitrogens with zero attached hydrogens (tertiary/aromatic N) is 1. The van der Waals surface area contributed by atoms with Crippen molar-refractivity contribution in [3.8, 4) is 5.75 Å². The molecule has 2 rings (SSSR count). The van der Waals surface area contributed by atoms with E-state index in [9.17, 15) is 17.9 Å². The SMILES string of the molecule is Cc1ccc(O)c(NS(=O)(=O)c2cc(F)ccc2C)n1. The first-order chi connectivity index (χ1) is 9.29. The number of anilines is 1. The number of aromatic hydroxyl groups is 1. The smallest absolute Gasteiger partial charge is 0.263 e. The van der Waals surface area contributed by atoms with E-state index in [1.165, 1.54) is 18.2 Å². The highest BCUT2D eigenvalue weighted by atomic mass is 32.2. The number of pyridine rings is 1. The van der Waals surface area contributed by atoms with Gasteiger partial charge in [0.1, 0.15) is 5.82 Å². The Hall–Kier alpha value is -2.15. The van der Waals surface area contributed by atoms with E-state index in [1.54, 1.807) is 19.9 Å². The molecule has 1 aromatic carbocycles. The molecule has 2 N–H and O–H groups in total. The highest BCUT2D eigenvalue weighted by Crippen LogP contribution is 2.25. The van der Waals surface area contributed by atoms with Gasteiger partial charge in [0.2, 0.25) is 0 Å². The normalized spacial score (nSPS) is 11.3. The first kappa shape index (κ1) is 14.3. The molecular formula is C13H13FN2O3S. The van der Waals surface area contributed by atoms with Crippen molar-refractivity contribution in [2.24, 2.45) is 0 Å². The molecule has 0 saturated heterocycles. The lowest BCUT2D eigenvalue weighted by atomic mass is 10.2. The second kappa shape index (κ2) is 5.09. The van der Waals surface area contributed by atoms with Gasteiger partial charge in [0.25, 0.3) is 10.0 Å². The molecule has 0 atom stereocenters. The number of benzene rings is 1. The second-order valence-corrected chi connectivity index (χ2v) is 5.99. The zero-order valence-corrected chi connectivity index (χ0v) is 11.7. The minimum absolute atomic E-state index is 0.186. The van der Waals surface area contributed by atoms with Crippen LogP contribution in [0.2, 0.25) is 0 Å². The van der Waals surface area contributed by atoms with Gasteiger partial charge in [-0.15, -0.1) is 0 Å². The van der Waals surface area contributed by atoms with E-state index in [4.69, 9.17) is 0 Å². The van der Waals surface area contributed by atoms with Gasteiger partial charge >= 0.3 is 0 Å². The van der Waals surface area contributed by atoms with Crippen LogP contribution < -0.4 is 4.72 Å². The summed E-state index contributed by atoms with van der Waals surface area (Å²) >= 11 is 0. The fourth-order valence-corrected chi connectivity index (χ4v) is 2.94. The van der Waals surface area contributed by atoms with Crippen LogP contribution in [0.5, 0.6) is 5.75 Å². The third kappa shape index (κ3) is 2.88.